The fourth-order valence-corrected chi connectivity index (χ4v) is 1.90. The fraction of sp³-hybridized carbons (Fsp3) is 0.500. The van der Waals surface area contributed by atoms with Crippen LogP contribution in [0.25, 0.3) is 0 Å². The Bertz CT molecular complexity index is 484. The standard InChI is InChI=1S/C12H18O7S/c13-3-1-5-18-10-7-11(19-6-2-4-14)9-12(8-10)20(15,16)17/h7-9,13-14H,1-6H2,(H,15,16,17). The summed E-state index contributed by atoms with van der Waals surface area (Å²) >= 11 is 0. The van der Waals surface area contributed by atoms with Crippen molar-refractivity contribution >= 4 is 10.1 Å². The van der Waals surface area contributed by atoms with E-state index < -0.39 is 10.1 Å². The van der Waals surface area contributed by atoms with Gasteiger partial charge >= 0.3 is 0 Å². The first kappa shape index (κ1) is 16.7. The minimum absolute atomic E-state index is 0.0438. The Balaban J connectivity index is 2.89. The monoisotopic (exact) mass is 306 g/mol. The first-order valence-electron chi connectivity index (χ1n) is 6.07. The molecule has 0 radical (unpaired) electrons. The van der Waals surface area contributed by atoms with E-state index in [1.807, 2.05) is 0 Å². The Hall–Kier alpha value is -1.35. The molecule has 1 aromatic rings. The molecule has 0 amide bonds. The molecule has 0 saturated carbocycles. The highest BCUT2D eigenvalue weighted by Gasteiger charge is 2.13. The third-order valence-corrected chi connectivity index (χ3v) is 3.13. The van der Waals surface area contributed by atoms with Crippen molar-refractivity contribution in [3.8, 4) is 11.5 Å². The zero-order valence-corrected chi connectivity index (χ0v) is 11.7. The van der Waals surface area contributed by atoms with Gasteiger partial charge < -0.3 is 19.7 Å². The Morgan fingerprint density at radius 2 is 1.35 bits per heavy atom. The number of rotatable bonds is 9. The van der Waals surface area contributed by atoms with E-state index in [4.69, 9.17) is 24.2 Å². The molecule has 20 heavy (non-hydrogen) atoms. The fourth-order valence-electron chi connectivity index (χ4n) is 1.37. The minimum Gasteiger partial charge on any atom is -0.493 e. The van der Waals surface area contributed by atoms with Crippen LogP contribution in [-0.4, -0.2) is 49.6 Å². The summed E-state index contributed by atoms with van der Waals surface area (Å²) in [5.41, 5.74) is 0. The largest absolute Gasteiger partial charge is 0.493 e. The van der Waals surface area contributed by atoms with E-state index in [1.165, 1.54) is 18.2 Å². The summed E-state index contributed by atoms with van der Waals surface area (Å²) in [7, 11) is -4.37. The Labute approximate surface area is 117 Å². The van der Waals surface area contributed by atoms with Crippen molar-refractivity contribution in [2.45, 2.75) is 17.7 Å². The molecule has 0 heterocycles. The Kier molecular flexibility index (Phi) is 6.73. The third-order valence-electron chi connectivity index (χ3n) is 2.29. The van der Waals surface area contributed by atoms with Gasteiger partial charge in [-0.1, -0.05) is 0 Å². The molecular formula is C12H18O7S. The van der Waals surface area contributed by atoms with Crippen LogP contribution in [0.15, 0.2) is 23.1 Å². The lowest BCUT2D eigenvalue weighted by Gasteiger charge is -2.11. The maximum atomic E-state index is 11.2. The quantitative estimate of drug-likeness (QED) is 0.448. The van der Waals surface area contributed by atoms with Gasteiger partial charge in [0, 0.05) is 44.3 Å². The lowest BCUT2D eigenvalue weighted by Crippen LogP contribution is -2.05. The van der Waals surface area contributed by atoms with Crippen LogP contribution in [-0.2, 0) is 10.1 Å². The zero-order chi connectivity index (χ0) is 15.0. The van der Waals surface area contributed by atoms with Crippen molar-refractivity contribution in [2.24, 2.45) is 0 Å². The van der Waals surface area contributed by atoms with E-state index in [1.54, 1.807) is 0 Å². The van der Waals surface area contributed by atoms with Crippen LogP contribution in [0.2, 0.25) is 0 Å². The second-order valence-corrected chi connectivity index (χ2v) is 5.39. The van der Waals surface area contributed by atoms with Crippen LogP contribution >= 0.6 is 0 Å². The number of ether oxygens (including phenoxy) is 2. The highest BCUT2D eigenvalue weighted by molar-refractivity contribution is 7.85. The molecular weight excluding hydrogens is 288 g/mol. The number of benzene rings is 1. The molecule has 8 heteroatoms. The molecule has 0 aromatic heterocycles. The molecule has 0 fully saturated rings. The van der Waals surface area contributed by atoms with Gasteiger partial charge in [0.25, 0.3) is 10.1 Å². The molecule has 3 N–H and O–H groups in total. The van der Waals surface area contributed by atoms with Crippen molar-refractivity contribution < 1.29 is 32.7 Å². The molecule has 1 aromatic carbocycles. The summed E-state index contributed by atoms with van der Waals surface area (Å²) in [5.74, 6) is 0.431. The summed E-state index contributed by atoms with van der Waals surface area (Å²) in [4.78, 5) is -0.335. The molecule has 0 atom stereocenters. The van der Waals surface area contributed by atoms with Gasteiger partial charge in [0.1, 0.15) is 16.4 Å². The maximum Gasteiger partial charge on any atom is 0.294 e. The van der Waals surface area contributed by atoms with Crippen LogP contribution in [0.1, 0.15) is 12.8 Å². The topological polar surface area (TPSA) is 113 Å². The average Bonchev–Trinajstić information content (AvgIpc) is 2.38. The van der Waals surface area contributed by atoms with Crippen molar-refractivity contribution in [2.75, 3.05) is 26.4 Å². The van der Waals surface area contributed by atoms with E-state index in [0.29, 0.717) is 12.8 Å². The number of hydrogen-bond donors (Lipinski definition) is 3. The molecule has 114 valence electrons. The second kappa shape index (κ2) is 8.05. The summed E-state index contributed by atoms with van der Waals surface area (Å²) < 4.78 is 41.9. The first-order valence-corrected chi connectivity index (χ1v) is 7.51. The van der Waals surface area contributed by atoms with Gasteiger partial charge in [0.15, 0.2) is 0 Å². The van der Waals surface area contributed by atoms with Gasteiger partial charge in [0.2, 0.25) is 0 Å². The van der Waals surface area contributed by atoms with Gasteiger partial charge in [-0.15, -0.1) is 0 Å². The first-order chi connectivity index (χ1) is 9.47. The third kappa shape index (κ3) is 5.74. The zero-order valence-electron chi connectivity index (χ0n) is 10.9. The number of aliphatic hydroxyl groups excluding tert-OH is 2. The molecule has 0 aliphatic heterocycles. The molecule has 1 rings (SSSR count). The van der Waals surface area contributed by atoms with Crippen molar-refractivity contribution in [3.63, 3.8) is 0 Å². The van der Waals surface area contributed by atoms with E-state index in [2.05, 4.69) is 0 Å². The maximum absolute atomic E-state index is 11.2. The van der Waals surface area contributed by atoms with E-state index in [9.17, 15) is 8.42 Å². The highest BCUT2D eigenvalue weighted by atomic mass is 32.2. The van der Waals surface area contributed by atoms with E-state index >= 15 is 0 Å². The molecule has 7 nitrogen and oxygen atoms in total. The predicted molar refractivity (Wildman–Crippen MR) is 70.7 cm³/mol. The molecule has 0 spiro atoms. The summed E-state index contributed by atoms with van der Waals surface area (Å²) in [5, 5.41) is 17.3. The normalized spacial score (nSPS) is 11.3. The lowest BCUT2D eigenvalue weighted by atomic mass is 10.3. The minimum atomic E-state index is -4.37. The van der Waals surface area contributed by atoms with Gasteiger partial charge in [-0.05, 0) is 0 Å². The highest BCUT2D eigenvalue weighted by Crippen LogP contribution is 2.26. The number of aliphatic hydroxyl groups is 2. The molecule has 0 unspecified atom stereocenters. The van der Waals surface area contributed by atoms with E-state index in [-0.39, 0.29) is 42.8 Å². The number of hydrogen-bond acceptors (Lipinski definition) is 6. The molecule has 0 saturated heterocycles. The van der Waals surface area contributed by atoms with Crippen molar-refractivity contribution in [3.05, 3.63) is 18.2 Å². The second-order valence-electron chi connectivity index (χ2n) is 3.97. The smallest absolute Gasteiger partial charge is 0.294 e. The van der Waals surface area contributed by atoms with Crippen molar-refractivity contribution in [1.29, 1.82) is 0 Å². The van der Waals surface area contributed by atoms with Gasteiger partial charge in [0.05, 0.1) is 13.2 Å². The predicted octanol–water partition coefficient (Wildman–Crippen LogP) is 0.456. The Morgan fingerprint density at radius 3 is 1.70 bits per heavy atom. The van der Waals surface area contributed by atoms with Crippen LogP contribution in [0.4, 0.5) is 0 Å². The van der Waals surface area contributed by atoms with Crippen LogP contribution in [0.5, 0.6) is 11.5 Å². The molecule has 0 bridgehead atoms. The van der Waals surface area contributed by atoms with Crippen LogP contribution < -0.4 is 9.47 Å². The lowest BCUT2D eigenvalue weighted by molar-refractivity contribution is 0.227. The molecule has 0 aliphatic carbocycles. The summed E-state index contributed by atoms with van der Waals surface area (Å²) in [6.07, 6.45) is 0.799. The van der Waals surface area contributed by atoms with Crippen LogP contribution in [0.3, 0.4) is 0 Å². The summed E-state index contributed by atoms with van der Waals surface area (Å²) in [6, 6.07) is 3.82. The molecule has 0 aliphatic rings. The van der Waals surface area contributed by atoms with Gasteiger partial charge in [-0.25, -0.2) is 0 Å². The SMILES string of the molecule is O=S(=O)(O)c1cc(OCCCO)cc(OCCCO)c1. The summed E-state index contributed by atoms with van der Waals surface area (Å²) in [6.45, 7) is 0.332. The average molecular weight is 306 g/mol. The Morgan fingerprint density at radius 1 is 0.900 bits per heavy atom. The van der Waals surface area contributed by atoms with E-state index in [0.717, 1.165) is 0 Å². The van der Waals surface area contributed by atoms with Gasteiger partial charge in [-0.2, -0.15) is 8.42 Å². The van der Waals surface area contributed by atoms with Crippen LogP contribution in [0, 0.1) is 0 Å². The van der Waals surface area contributed by atoms with Gasteiger partial charge in [-0.3, -0.25) is 4.55 Å². The van der Waals surface area contributed by atoms with Crippen molar-refractivity contribution in [1.82, 2.24) is 0 Å².